The lowest BCUT2D eigenvalue weighted by atomic mass is 9.75. The number of nitrogens with one attached hydrogen (secondary N) is 2. The molecular formula is C15H27N3OS. The van der Waals surface area contributed by atoms with Crippen molar-refractivity contribution in [3.8, 4) is 0 Å². The van der Waals surface area contributed by atoms with Crippen LogP contribution in [0, 0.1) is 5.41 Å². The van der Waals surface area contributed by atoms with Gasteiger partial charge < -0.3 is 10.6 Å². The zero-order valence-electron chi connectivity index (χ0n) is 12.9. The van der Waals surface area contributed by atoms with Gasteiger partial charge >= 0.3 is 0 Å². The third-order valence-electron chi connectivity index (χ3n) is 3.90. The molecule has 4 nitrogen and oxygen atoms in total. The Balaban J connectivity index is 1.76. The minimum Gasteiger partial charge on any atom is -0.356 e. The fourth-order valence-electron chi connectivity index (χ4n) is 2.88. The molecule has 0 bridgehead atoms. The third kappa shape index (κ3) is 4.69. The Morgan fingerprint density at radius 1 is 1.30 bits per heavy atom. The molecule has 1 spiro atoms. The number of thioether (sulfide) groups is 1. The summed E-state index contributed by atoms with van der Waals surface area (Å²) in [6.07, 6.45) is 6.73. The number of hydrogen-bond acceptors (Lipinski definition) is 4. The first kappa shape index (κ1) is 15.7. The first-order chi connectivity index (χ1) is 9.39. The van der Waals surface area contributed by atoms with Gasteiger partial charge in [0.05, 0.1) is 6.54 Å². The highest BCUT2D eigenvalue weighted by atomic mass is 32.2. The van der Waals surface area contributed by atoms with E-state index < -0.39 is 0 Å². The summed E-state index contributed by atoms with van der Waals surface area (Å²) in [6, 6.07) is 0. The second-order valence-electron chi connectivity index (χ2n) is 7.12. The average molecular weight is 297 g/mol. The third-order valence-corrected chi connectivity index (χ3v) is 5.21. The van der Waals surface area contributed by atoms with Gasteiger partial charge in [0.2, 0.25) is 5.91 Å². The minimum atomic E-state index is -0.174. The van der Waals surface area contributed by atoms with Crippen LogP contribution in [0.1, 0.15) is 52.9 Å². The molecule has 114 valence electrons. The maximum absolute atomic E-state index is 11.8. The van der Waals surface area contributed by atoms with Crippen LogP contribution in [0.15, 0.2) is 4.99 Å². The Bertz CT molecular complexity index is 381. The fraction of sp³-hybridized carbons (Fsp3) is 0.867. The number of carbonyl (C=O) groups excluding carboxylic acids is 1. The van der Waals surface area contributed by atoms with E-state index in [0.717, 1.165) is 17.5 Å². The molecule has 1 amide bonds. The summed E-state index contributed by atoms with van der Waals surface area (Å²) in [6.45, 7) is 7.22. The van der Waals surface area contributed by atoms with Crippen molar-refractivity contribution in [2.24, 2.45) is 10.4 Å². The van der Waals surface area contributed by atoms with Gasteiger partial charge in [-0.2, -0.15) is 0 Å². The fourth-order valence-corrected chi connectivity index (χ4v) is 4.03. The van der Waals surface area contributed by atoms with Crippen LogP contribution in [0.3, 0.4) is 0 Å². The monoisotopic (exact) mass is 297 g/mol. The molecule has 0 radical (unpaired) electrons. The van der Waals surface area contributed by atoms with Crippen molar-refractivity contribution < 1.29 is 4.79 Å². The molecule has 0 aromatic carbocycles. The van der Waals surface area contributed by atoms with E-state index >= 15 is 0 Å². The van der Waals surface area contributed by atoms with Gasteiger partial charge in [0, 0.05) is 17.8 Å². The summed E-state index contributed by atoms with van der Waals surface area (Å²) in [4.78, 5) is 16.4. The molecular weight excluding hydrogens is 270 g/mol. The van der Waals surface area contributed by atoms with E-state index in [1.807, 2.05) is 20.8 Å². The molecule has 2 rings (SSSR count). The van der Waals surface area contributed by atoms with Gasteiger partial charge in [0.15, 0.2) is 5.17 Å². The van der Waals surface area contributed by atoms with Crippen LogP contribution in [0.5, 0.6) is 0 Å². The molecule has 0 saturated heterocycles. The minimum absolute atomic E-state index is 0.0266. The van der Waals surface area contributed by atoms with Crippen molar-refractivity contribution in [3.63, 3.8) is 0 Å². The Kier molecular flexibility index (Phi) is 4.99. The number of hydrogen-bond donors (Lipinski definition) is 2. The largest absolute Gasteiger partial charge is 0.356 e. The molecule has 2 N–H and O–H groups in total. The SMILES string of the molecule is CC(C)(C)NC(=O)CNC1=NCC2(CCCCC2)CS1. The number of carbonyl (C=O) groups is 1. The predicted molar refractivity (Wildman–Crippen MR) is 86.2 cm³/mol. The number of nitrogens with zero attached hydrogens (tertiary/aromatic N) is 1. The highest BCUT2D eigenvalue weighted by Crippen LogP contribution is 2.41. The van der Waals surface area contributed by atoms with Crippen LogP contribution < -0.4 is 10.6 Å². The maximum atomic E-state index is 11.8. The summed E-state index contributed by atoms with van der Waals surface area (Å²) < 4.78 is 0. The molecule has 0 aromatic heterocycles. The van der Waals surface area contributed by atoms with Crippen molar-refractivity contribution in [2.75, 3.05) is 18.8 Å². The number of amidine groups is 1. The van der Waals surface area contributed by atoms with E-state index in [4.69, 9.17) is 0 Å². The number of amides is 1. The maximum Gasteiger partial charge on any atom is 0.239 e. The van der Waals surface area contributed by atoms with Crippen LogP contribution in [0.2, 0.25) is 0 Å². The van der Waals surface area contributed by atoms with Crippen LogP contribution >= 0.6 is 11.8 Å². The topological polar surface area (TPSA) is 53.5 Å². The van der Waals surface area contributed by atoms with Crippen LogP contribution in [-0.2, 0) is 4.79 Å². The molecule has 1 saturated carbocycles. The zero-order valence-corrected chi connectivity index (χ0v) is 13.7. The molecule has 0 atom stereocenters. The Hall–Kier alpha value is -0.710. The van der Waals surface area contributed by atoms with E-state index in [0.29, 0.717) is 12.0 Å². The lowest BCUT2D eigenvalue weighted by Gasteiger charge is -2.38. The quantitative estimate of drug-likeness (QED) is 0.823. The normalized spacial score (nSPS) is 22.2. The van der Waals surface area contributed by atoms with E-state index in [2.05, 4.69) is 15.6 Å². The number of aliphatic imine (C=N–C) groups is 1. The molecule has 1 aliphatic carbocycles. The predicted octanol–water partition coefficient (Wildman–Crippen LogP) is 2.54. The molecule has 1 fully saturated rings. The van der Waals surface area contributed by atoms with Crippen molar-refractivity contribution in [1.82, 2.24) is 10.6 Å². The van der Waals surface area contributed by atoms with E-state index in [9.17, 15) is 4.79 Å². The highest BCUT2D eigenvalue weighted by molar-refractivity contribution is 8.13. The lowest BCUT2D eigenvalue weighted by Crippen LogP contribution is -2.46. The molecule has 0 aromatic rings. The van der Waals surface area contributed by atoms with E-state index in [-0.39, 0.29) is 11.4 Å². The number of rotatable bonds is 2. The second-order valence-corrected chi connectivity index (χ2v) is 8.09. The lowest BCUT2D eigenvalue weighted by molar-refractivity contribution is -0.121. The first-order valence-electron chi connectivity index (χ1n) is 7.61. The van der Waals surface area contributed by atoms with Crippen molar-refractivity contribution in [1.29, 1.82) is 0 Å². The standard InChI is InChI=1S/C15H27N3OS/c1-14(2,3)18-12(19)9-16-13-17-10-15(11-20-13)7-5-4-6-8-15/h4-11H2,1-3H3,(H,16,17)(H,18,19). The van der Waals surface area contributed by atoms with Crippen molar-refractivity contribution in [2.45, 2.75) is 58.4 Å². The van der Waals surface area contributed by atoms with Gasteiger partial charge in [-0.15, -0.1) is 0 Å². The van der Waals surface area contributed by atoms with Crippen LogP contribution in [-0.4, -0.2) is 35.5 Å². The second kappa shape index (κ2) is 6.37. The molecule has 1 aliphatic heterocycles. The van der Waals surface area contributed by atoms with Crippen molar-refractivity contribution >= 4 is 22.8 Å². The van der Waals surface area contributed by atoms with Gasteiger partial charge in [-0.3, -0.25) is 9.79 Å². The van der Waals surface area contributed by atoms with E-state index in [1.165, 1.54) is 32.1 Å². The summed E-state index contributed by atoms with van der Waals surface area (Å²) in [5, 5.41) is 7.05. The summed E-state index contributed by atoms with van der Waals surface area (Å²) in [5.74, 6) is 1.18. The van der Waals surface area contributed by atoms with Gasteiger partial charge in [-0.25, -0.2) is 0 Å². The van der Waals surface area contributed by atoms with E-state index in [1.54, 1.807) is 11.8 Å². The zero-order chi connectivity index (χ0) is 14.6. The highest BCUT2D eigenvalue weighted by Gasteiger charge is 2.34. The summed E-state index contributed by atoms with van der Waals surface area (Å²) in [5.41, 5.74) is 0.272. The van der Waals surface area contributed by atoms with Crippen LogP contribution in [0.4, 0.5) is 0 Å². The summed E-state index contributed by atoms with van der Waals surface area (Å²) >= 11 is 1.79. The summed E-state index contributed by atoms with van der Waals surface area (Å²) in [7, 11) is 0. The average Bonchev–Trinajstić information content (AvgIpc) is 2.37. The van der Waals surface area contributed by atoms with Gasteiger partial charge in [0.25, 0.3) is 0 Å². The molecule has 1 heterocycles. The molecule has 2 aliphatic rings. The van der Waals surface area contributed by atoms with Gasteiger partial charge in [-0.05, 0) is 39.0 Å². The molecule has 20 heavy (non-hydrogen) atoms. The molecule has 5 heteroatoms. The Morgan fingerprint density at radius 2 is 2.00 bits per heavy atom. The van der Waals surface area contributed by atoms with Gasteiger partial charge in [-0.1, -0.05) is 31.0 Å². The Morgan fingerprint density at radius 3 is 2.55 bits per heavy atom. The van der Waals surface area contributed by atoms with Gasteiger partial charge in [0.1, 0.15) is 0 Å². The van der Waals surface area contributed by atoms with Crippen molar-refractivity contribution in [3.05, 3.63) is 0 Å². The molecule has 0 unspecified atom stereocenters. The first-order valence-corrected chi connectivity index (χ1v) is 8.59. The van der Waals surface area contributed by atoms with Crippen LogP contribution in [0.25, 0.3) is 0 Å². The Labute approximate surface area is 126 Å². The smallest absolute Gasteiger partial charge is 0.239 e.